The van der Waals surface area contributed by atoms with Crippen LogP contribution in [0.15, 0.2) is 12.3 Å². The lowest BCUT2D eigenvalue weighted by molar-refractivity contribution is -0.163. The van der Waals surface area contributed by atoms with Gasteiger partial charge in [-0.25, -0.2) is 0 Å². The number of carbonyl (C=O) groups excluding carboxylic acids is 2. The smallest absolute Gasteiger partial charge is 0.271 e. The second kappa shape index (κ2) is 5.53. The van der Waals surface area contributed by atoms with E-state index in [1.807, 2.05) is 20.8 Å². The largest absolute Gasteiger partial charge is 0.382 e. The predicted octanol–water partition coefficient (Wildman–Crippen LogP) is 1.16. The topological polar surface area (TPSA) is 80.8 Å². The first-order valence-corrected chi connectivity index (χ1v) is 8.07. The minimum absolute atomic E-state index is 0.0935. The summed E-state index contributed by atoms with van der Waals surface area (Å²) in [6.45, 7) is 8.04. The molecule has 3 heterocycles. The van der Waals surface area contributed by atoms with Crippen molar-refractivity contribution in [1.29, 1.82) is 0 Å². The van der Waals surface area contributed by atoms with E-state index in [1.165, 1.54) is 4.90 Å². The Morgan fingerprint density at radius 2 is 2.04 bits per heavy atom. The van der Waals surface area contributed by atoms with Crippen molar-refractivity contribution in [3.8, 4) is 0 Å². The number of amides is 2. The summed E-state index contributed by atoms with van der Waals surface area (Å²) < 4.78 is 11.1. The third kappa shape index (κ3) is 1.94. The van der Waals surface area contributed by atoms with Gasteiger partial charge in [-0.2, -0.15) is 0 Å². The standard InChI is InChI=1S/C17H23N3O4/c1-10(2)16(4)15(22)19-17(24-9-8-23-5)13-12(14(21)20(16)17)11(3)6-7-18-13/h6-7,10H,8-9H2,1-5H3,(H,19,22). The maximum absolute atomic E-state index is 13.2. The lowest BCUT2D eigenvalue weighted by Gasteiger charge is -2.39. The van der Waals surface area contributed by atoms with Crippen molar-refractivity contribution in [3.05, 3.63) is 29.1 Å². The van der Waals surface area contributed by atoms with Gasteiger partial charge in [-0.3, -0.25) is 19.5 Å². The van der Waals surface area contributed by atoms with E-state index in [-0.39, 0.29) is 24.3 Å². The van der Waals surface area contributed by atoms with E-state index in [1.54, 1.807) is 26.3 Å². The lowest BCUT2D eigenvalue weighted by Crippen LogP contribution is -2.56. The van der Waals surface area contributed by atoms with E-state index in [4.69, 9.17) is 9.47 Å². The van der Waals surface area contributed by atoms with E-state index >= 15 is 0 Å². The third-order valence-electron chi connectivity index (χ3n) is 5.14. The van der Waals surface area contributed by atoms with Gasteiger partial charge in [0.05, 0.1) is 18.8 Å². The lowest BCUT2D eigenvalue weighted by atomic mass is 9.87. The molecule has 1 saturated heterocycles. The molecule has 0 aliphatic carbocycles. The van der Waals surface area contributed by atoms with Crippen molar-refractivity contribution < 1.29 is 19.1 Å². The molecular formula is C17H23N3O4. The molecule has 0 aromatic carbocycles. The molecule has 0 saturated carbocycles. The van der Waals surface area contributed by atoms with Gasteiger partial charge in [-0.1, -0.05) is 13.8 Å². The van der Waals surface area contributed by atoms with Crippen LogP contribution in [-0.4, -0.2) is 47.6 Å². The normalized spacial score (nSPS) is 28.3. The number of hydrogen-bond acceptors (Lipinski definition) is 5. The Hall–Kier alpha value is -1.99. The monoisotopic (exact) mass is 333 g/mol. The summed E-state index contributed by atoms with van der Waals surface area (Å²) in [4.78, 5) is 31.9. The first-order chi connectivity index (χ1) is 11.3. The molecule has 7 heteroatoms. The summed E-state index contributed by atoms with van der Waals surface area (Å²) in [5.74, 6) is -1.93. The summed E-state index contributed by atoms with van der Waals surface area (Å²) in [5.41, 5.74) is 0.745. The number of methoxy groups -OCH3 is 1. The molecule has 7 nitrogen and oxygen atoms in total. The summed E-state index contributed by atoms with van der Waals surface area (Å²) >= 11 is 0. The molecule has 1 aromatic rings. The molecule has 0 radical (unpaired) electrons. The molecule has 2 unspecified atom stereocenters. The van der Waals surface area contributed by atoms with Gasteiger partial charge < -0.3 is 14.8 Å². The van der Waals surface area contributed by atoms with Crippen LogP contribution in [0.2, 0.25) is 0 Å². The van der Waals surface area contributed by atoms with Crippen LogP contribution in [0.4, 0.5) is 0 Å². The van der Waals surface area contributed by atoms with Crippen molar-refractivity contribution in [2.75, 3.05) is 20.3 Å². The highest BCUT2D eigenvalue weighted by molar-refractivity contribution is 6.07. The van der Waals surface area contributed by atoms with E-state index in [9.17, 15) is 9.59 Å². The number of nitrogens with one attached hydrogen (secondary N) is 1. The molecule has 130 valence electrons. The predicted molar refractivity (Wildman–Crippen MR) is 86.0 cm³/mol. The Bertz CT molecular complexity index is 705. The number of nitrogens with zero attached hydrogens (tertiary/aromatic N) is 2. The van der Waals surface area contributed by atoms with E-state index in [2.05, 4.69) is 10.3 Å². The molecular weight excluding hydrogens is 310 g/mol. The fourth-order valence-corrected chi connectivity index (χ4v) is 3.44. The van der Waals surface area contributed by atoms with Gasteiger partial charge >= 0.3 is 0 Å². The molecule has 2 atom stereocenters. The number of ether oxygens (including phenoxy) is 2. The van der Waals surface area contributed by atoms with Crippen LogP contribution in [-0.2, 0) is 20.1 Å². The molecule has 2 aliphatic rings. The number of pyridine rings is 1. The van der Waals surface area contributed by atoms with Crippen LogP contribution in [0.25, 0.3) is 0 Å². The molecule has 1 fully saturated rings. The van der Waals surface area contributed by atoms with Crippen LogP contribution >= 0.6 is 0 Å². The molecule has 0 spiro atoms. The molecule has 3 rings (SSSR count). The Morgan fingerprint density at radius 1 is 1.33 bits per heavy atom. The first-order valence-electron chi connectivity index (χ1n) is 8.07. The number of carbonyl (C=O) groups is 2. The SMILES string of the molecule is COCCOC12NC(=O)C(C)(C(C)C)N1C(=O)c1c(C)ccnc12. The summed E-state index contributed by atoms with van der Waals surface area (Å²) in [6, 6.07) is 1.79. The molecule has 24 heavy (non-hydrogen) atoms. The Labute approximate surface area is 141 Å². The first kappa shape index (κ1) is 16.9. The summed E-state index contributed by atoms with van der Waals surface area (Å²) in [5, 5.41) is 2.90. The van der Waals surface area contributed by atoms with E-state index in [0.717, 1.165) is 5.56 Å². The molecule has 0 bridgehead atoms. The highest BCUT2D eigenvalue weighted by atomic mass is 16.6. The minimum Gasteiger partial charge on any atom is -0.382 e. The van der Waals surface area contributed by atoms with Crippen molar-refractivity contribution in [2.45, 2.75) is 39.1 Å². The van der Waals surface area contributed by atoms with Crippen LogP contribution in [0.3, 0.4) is 0 Å². The molecule has 2 aliphatic heterocycles. The third-order valence-corrected chi connectivity index (χ3v) is 5.14. The molecule has 2 amide bonds. The number of aryl methyl sites for hydroxylation is 1. The molecule has 1 aromatic heterocycles. The van der Waals surface area contributed by atoms with Gasteiger partial charge in [-0.15, -0.1) is 0 Å². The zero-order valence-corrected chi connectivity index (χ0v) is 14.7. The van der Waals surface area contributed by atoms with Crippen molar-refractivity contribution in [2.24, 2.45) is 5.92 Å². The minimum atomic E-state index is -1.37. The quantitative estimate of drug-likeness (QED) is 0.818. The second-order valence-electron chi connectivity index (χ2n) is 6.73. The van der Waals surface area contributed by atoms with Crippen LogP contribution < -0.4 is 5.32 Å². The van der Waals surface area contributed by atoms with Crippen LogP contribution in [0, 0.1) is 12.8 Å². The maximum Gasteiger partial charge on any atom is 0.271 e. The van der Waals surface area contributed by atoms with Crippen LogP contribution in [0.5, 0.6) is 0 Å². The fraction of sp³-hybridized carbons (Fsp3) is 0.588. The summed E-state index contributed by atoms with van der Waals surface area (Å²) in [7, 11) is 1.57. The Balaban J connectivity index is 2.19. The van der Waals surface area contributed by atoms with Crippen molar-refractivity contribution in [3.63, 3.8) is 0 Å². The van der Waals surface area contributed by atoms with Gasteiger partial charge in [0.1, 0.15) is 11.2 Å². The van der Waals surface area contributed by atoms with Gasteiger partial charge in [0.15, 0.2) is 0 Å². The Kier molecular flexibility index (Phi) is 3.88. The zero-order chi connectivity index (χ0) is 17.7. The summed E-state index contributed by atoms with van der Waals surface area (Å²) in [6.07, 6.45) is 1.63. The number of fused-ring (bicyclic) bond motifs is 3. The van der Waals surface area contributed by atoms with Gasteiger partial charge in [0.25, 0.3) is 11.8 Å². The van der Waals surface area contributed by atoms with Crippen molar-refractivity contribution in [1.82, 2.24) is 15.2 Å². The van der Waals surface area contributed by atoms with Crippen molar-refractivity contribution >= 4 is 11.8 Å². The number of hydrogen-bond donors (Lipinski definition) is 1. The average Bonchev–Trinajstić information content (AvgIpc) is 2.90. The number of aromatic nitrogens is 1. The number of rotatable bonds is 5. The average molecular weight is 333 g/mol. The zero-order valence-electron chi connectivity index (χ0n) is 14.7. The Morgan fingerprint density at radius 3 is 2.67 bits per heavy atom. The van der Waals surface area contributed by atoms with E-state index < -0.39 is 11.4 Å². The van der Waals surface area contributed by atoms with Gasteiger partial charge in [-0.05, 0) is 31.4 Å². The maximum atomic E-state index is 13.2. The van der Waals surface area contributed by atoms with Gasteiger partial charge in [0, 0.05) is 13.3 Å². The second-order valence-corrected chi connectivity index (χ2v) is 6.73. The highest BCUT2D eigenvalue weighted by Gasteiger charge is 2.68. The fourth-order valence-electron chi connectivity index (χ4n) is 3.44. The van der Waals surface area contributed by atoms with Gasteiger partial charge in [0.2, 0.25) is 5.91 Å². The van der Waals surface area contributed by atoms with Crippen LogP contribution in [0.1, 0.15) is 42.4 Å². The highest BCUT2D eigenvalue weighted by Crippen LogP contribution is 2.49. The molecule has 1 N–H and O–H groups in total. The van der Waals surface area contributed by atoms with E-state index in [0.29, 0.717) is 17.9 Å².